The van der Waals surface area contributed by atoms with Crippen molar-refractivity contribution < 1.29 is 0 Å². The number of aromatic nitrogens is 3. The fourth-order valence-corrected chi connectivity index (χ4v) is 2.61. The van der Waals surface area contributed by atoms with E-state index in [1.54, 1.807) is 31.2 Å². The molecular weight excluding hydrogens is 326 g/mol. The lowest BCUT2D eigenvalue weighted by atomic mass is 10.1. The van der Waals surface area contributed by atoms with Crippen LogP contribution in [0.3, 0.4) is 0 Å². The number of nitrogens with one attached hydrogen (secondary N) is 2. The molecule has 0 aliphatic carbocycles. The summed E-state index contributed by atoms with van der Waals surface area (Å²) in [4.78, 5) is 23.5. The van der Waals surface area contributed by atoms with E-state index in [1.165, 1.54) is 6.20 Å². The normalized spacial score (nSPS) is 11.9. The monoisotopic (exact) mass is 339 g/mol. The van der Waals surface area contributed by atoms with Crippen LogP contribution in [0.5, 0.6) is 0 Å². The van der Waals surface area contributed by atoms with Gasteiger partial charge < -0.3 is 10.3 Å². The van der Waals surface area contributed by atoms with Gasteiger partial charge in [0.2, 0.25) is 5.95 Å². The molecule has 0 aliphatic rings. The summed E-state index contributed by atoms with van der Waals surface area (Å²) in [6, 6.07) is 8.81. The highest BCUT2D eigenvalue weighted by Crippen LogP contribution is 2.21. The first-order valence-corrected chi connectivity index (χ1v) is 7.68. The lowest BCUT2D eigenvalue weighted by Gasteiger charge is -2.14. The molecule has 1 atom stereocenters. The van der Waals surface area contributed by atoms with Crippen LogP contribution in [-0.4, -0.2) is 15.0 Å². The number of benzene rings is 1. The molecular formula is C17H14ClN5O. The molecule has 7 heteroatoms. The van der Waals surface area contributed by atoms with Gasteiger partial charge in [-0.05, 0) is 38.1 Å². The first-order valence-electron chi connectivity index (χ1n) is 7.30. The summed E-state index contributed by atoms with van der Waals surface area (Å²) in [7, 11) is 0. The van der Waals surface area contributed by atoms with Crippen LogP contribution in [0.15, 0.2) is 35.3 Å². The van der Waals surface area contributed by atoms with Gasteiger partial charge in [0, 0.05) is 21.5 Å². The number of aryl methyl sites for hydroxylation is 1. The summed E-state index contributed by atoms with van der Waals surface area (Å²) in [5.74, 6) is 0.365. The molecule has 2 N–H and O–H groups in total. The van der Waals surface area contributed by atoms with Gasteiger partial charge in [0.05, 0.1) is 23.5 Å². The summed E-state index contributed by atoms with van der Waals surface area (Å²) in [5.41, 5.74) is 2.10. The van der Waals surface area contributed by atoms with Crippen LogP contribution in [0.1, 0.15) is 29.8 Å². The quantitative estimate of drug-likeness (QED) is 0.763. The first-order chi connectivity index (χ1) is 11.5. The molecule has 0 spiro atoms. The first kappa shape index (κ1) is 16.0. The van der Waals surface area contributed by atoms with Gasteiger partial charge in [-0.1, -0.05) is 11.6 Å². The third-order valence-electron chi connectivity index (χ3n) is 3.75. The van der Waals surface area contributed by atoms with Crippen LogP contribution < -0.4 is 10.9 Å². The Morgan fingerprint density at radius 3 is 2.88 bits per heavy atom. The summed E-state index contributed by atoms with van der Waals surface area (Å²) < 4.78 is 0. The molecule has 0 bridgehead atoms. The number of H-pyrrole nitrogens is 1. The number of hydrogen-bond donors (Lipinski definition) is 2. The van der Waals surface area contributed by atoms with E-state index in [4.69, 9.17) is 16.9 Å². The lowest BCUT2D eigenvalue weighted by Crippen LogP contribution is -2.20. The molecule has 6 nitrogen and oxygen atoms in total. The van der Waals surface area contributed by atoms with Crippen LogP contribution >= 0.6 is 11.6 Å². The van der Waals surface area contributed by atoms with E-state index in [0.717, 1.165) is 10.9 Å². The number of anilines is 1. The van der Waals surface area contributed by atoms with Crippen LogP contribution in [0.2, 0.25) is 5.02 Å². The Morgan fingerprint density at radius 1 is 1.38 bits per heavy atom. The summed E-state index contributed by atoms with van der Waals surface area (Å²) in [6.07, 6.45) is 1.46. The topological polar surface area (TPSA) is 94.5 Å². The number of nitriles is 1. The molecule has 0 aliphatic heterocycles. The van der Waals surface area contributed by atoms with Crippen molar-refractivity contribution in [1.82, 2.24) is 15.0 Å². The van der Waals surface area contributed by atoms with Crippen molar-refractivity contribution in [2.75, 3.05) is 5.32 Å². The van der Waals surface area contributed by atoms with Crippen molar-refractivity contribution >= 4 is 28.5 Å². The minimum Gasteiger partial charge on any atom is -0.347 e. The van der Waals surface area contributed by atoms with Gasteiger partial charge in [-0.3, -0.25) is 4.79 Å². The van der Waals surface area contributed by atoms with Crippen LogP contribution in [0.25, 0.3) is 10.9 Å². The van der Waals surface area contributed by atoms with E-state index in [0.29, 0.717) is 27.8 Å². The minimum atomic E-state index is -0.315. The Hall–Kier alpha value is -2.91. The smallest absolute Gasteiger partial charge is 0.253 e. The number of fused-ring (bicyclic) bond motifs is 1. The molecule has 0 unspecified atom stereocenters. The molecule has 0 radical (unpaired) electrons. The van der Waals surface area contributed by atoms with Crippen LogP contribution in [0, 0.1) is 18.3 Å². The molecule has 2 heterocycles. The highest BCUT2D eigenvalue weighted by atomic mass is 35.5. The molecule has 1 aromatic carbocycles. The molecule has 2 aromatic heterocycles. The SMILES string of the molecule is Cc1nc(N[C@@H](C)c2cc3cc(Cl)ccc3[nH]c2=O)ncc1C#N. The van der Waals surface area contributed by atoms with E-state index in [9.17, 15) is 4.79 Å². The Labute approximate surface area is 143 Å². The fraction of sp³-hybridized carbons (Fsp3) is 0.176. The zero-order valence-electron chi connectivity index (χ0n) is 13.1. The Kier molecular flexibility index (Phi) is 4.19. The van der Waals surface area contributed by atoms with Crippen molar-refractivity contribution in [1.29, 1.82) is 5.26 Å². The predicted octanol–water partition coefficient (Wildman–Crippen LogP) is 3.32. The van der Waals surface area contributed by atoms with E-state index in [1.807, 2.05) is 13.0 Å². The third-order valence-corrected chi connectivity index (χ3v) is 3.98. The molecule has 0 saturated carbocycles. The molecule has 0 fully saturated rings. The van der Waals surface area contributed by atoms with Gasteiger partial charge in [0.1, 0.15) is 6.07 Å². The maximum absolute atomic E-state index is 12.3. The van der Waals surface area contributed by atoms with Gasteiger partial charge in [0.25, 0.3) is 5.56 Å². The number of nitrogens with zero attached hydrogens (tertiary/aromatic N) is 3. The third kappa shape index (κ3) is 3.07. The zero-order chi connectivity index (χ0) is 17.3. The van der Waals surface area contributed by atoms with E-state index in [-0.39, 0.29) is 11.6 Å². The van der Waals surface area contributed by atoms with Crippen molar-refractivity contribution in [3.8, 4) is 6.07 Å². The van der Waals surface area contributed by atoms with Crippen LogP contribution in [-0.2, 0) is 0 Å². The standard InChI is InChI=1S/C17H14ClN5O/c1-9-12(7-19)8-20-17(21-9)22-10(2)14-6-11-5-13(18)3-4-15(11)23-16(14)24/h3-6,8,10H,1-2H3,(H,23,24)(H,20,21,22)/t10-/m0/s1. The Bertz CT molecular complexity index is 1020. The van der Waals surface area contributed by atoms with Crippen molar-refractivity contribution in [2.24, 2.45) is 0 Å². The van der Waals surface area contributed by atoms with Gasteiger partial charge in [-0.25, -0.2) is 9.97 Å². The minimum absolute atomic E-state index is 0.185. The van der Waals surface area contributed by atoms with Crippen LogP contribution in [0.4, 0.5) is 5.95 Å². The maximum atomic E-state index is 12.3. The maximum Gasteiger partial charge on any atom is 0.253 e. The van der Waals surface area contributed by atoms with E-state index in [2.05, 4.69) is 20.3 Å². The number of rotatable bonds is 3. The summed E-state index contributed by atoms with van der Waals surface area (Å²) in [5, 5.41) is 13.5. The fourth-order valence-electron chi connectivity index (χ4n) is 2.43. The van der Waals surface area contributed by atoms with Gasteiger partial charge in [-0.2, -0.15) is 5.26 Å². The van der Waals surface area contributed by atoms with Gasteiger partial charge >= 0.3 is 0 Å². The van der Waals surface area contributed by atoms with Crippen molar-refractivity contribution in [2.45, 2.75) is 19.9 Å². The number of halogens is 1. The van der Waals surface area contributed by atoms with E-state index >= 15 is 0 Å². The summed E-state index contributed by atoms with van der Waals surface area (Å²) in [6.45, 7) is 3.58. The molecule has 3 aromatic rings. The highest BCUT2D eigenvalue weighted by molar-refractivity contribution is 6.31. The largest absolute Gasteiger partial charge is 0.347 e. The lowest BCUT2D eigenvalue weighted by molar-refractivity contribution is 0.841. The summed E-state index contributed by atoms with van der Waals surface area (Å²) >= 11 is 6.01. The van der Waals surface area contributed by atoms with Gasteiger partial charge in [-0.15, -0.1) is 0 Å². The average Bonchev–Trinajstić information content (AvgIpc) is 2.54. The second-order valence-corrected chi connectivity index (χ2v) is 5.89. The van der Waals surface area contributed by atoms with Gasteiger partial charge in [0.15, 0.2) is 0 Å². The predicted molar refractivity (Wildman–Crippen MR) is 93.1 cm³/mol. The zero-order valence-corrected chi connectivity index (χ0v) is 13.8. The number of hydrogen-bond acceptors (Lipinski definition) is 5. The van der Waals surface area contributed by atoms with Crippen molar-refractivity contribution in [3.05, 3.63) is 62.7 Å². The second-order valence-electron chi connectivity index (χ2n) is 5.46. The molecule has 120 valence electrons. The molecule has 0 amide bonds. The number of aromatic amines is 1. The number of pyridine rings is 1. The highest BCUT2D eigenvalue weighted by Gasteiger charge is 2.13. The van der Waals surface area contributed by atoms with E-state index < -0.39 is 0 Å². The second kappa shape index (κ2) is 6.30. The molecule has 24 heavy (non-hydrogen) atoms. The molecule has 3 rings (SSSR count). The van der Waals surface area contributed by atoms with Crippen molar-refractivity contribution in [3.63, 3.8) is 0 Å². The molecule has 0 saturated heterocycles. The average molecular weight is 340 g/mol. The Morgan fingerprint density at radius 2 is 2.17 bits per heavy atom. The Balaban J connectivity index is 1.95.